The van der Waals surface area contributed by atoms with Crippen LogP contribution in [-0.2, 0) is 10.0 Å². The zero-order valence-corrected chi connectivity index (χ0v) is 15.5. The summed E-state index contributed by atoms with van der Waals surface area (Å²) in [7, 11) is -1.72. The van der Waals surface area contributed by atoms with E-state index in [0.29, 0.717) is 23.8 Å². The van der Waals surface area contributed by atoms with Gasteiger partial charge in [-0.25, -0.2) is 8.42 Å². The number of amides is 1. The van der Waals surface area contributed by atoms with Gasteiger partial charge in [-0.3, -0.25) is 9.52 Å². The molecule has 138 valence electrons. The Labute approximate surface area is 154 Å². The minimum atomic E-state index is -3.63. The predicted molar refractivity (Wildman–Crippen MR) is 102 cm³/mol. The van der Waals surface area contributed by atoms with Crippen molar-refractivity contribution in [2.75, 3.05) is 24.9 Å². The Hall–Kier alpha value is -2.38. The first kappa shape index (κ1) is 18.4. The van der Waals surface area contributed by atoms with Gasteiger partial charge in [-0.05, 0) is 56.3 Å². The molecule has 0 bridgehead atoms. The SMILES string of the molecule is CNC1CCCN(C(=O)c2ccc(NS(=O)(=O)c3ccccc3)cc2)C1. The molecule has 1 aliphatic heterocycles. The van der Waals surface area contributed by atoms with Crippen LogP contribution >= 0.6 is 0 Å². The van der Waals surface area contributed by atoms with Gasteiger partial charge in [0.2, 0.25) is 0 Å². The Kier molecular flexibility index (Phi) is 5.58. The Morgan fingerprint density at radius 2 is 1.77 bits per heavy atom. The normalized spacial score (nSPS) is 17.7. The molecule has 0 spiro atoms. The lowest BCUT2D eigenvalue weighted by atomic mass is 10.0. The van der Waals surface area contributed by atoms with Crippen LogP contribution in [0.15, 0.2) is 59.5 Å². The summed E-state index contributed by atoms with van der Waals surface area (Å²) in [4.78, 5) is 14.7. The predicted octanol–water partition coefficient (Wildman–Crippen LogP) is 2.31. The van der Waals surface area contributed by atoms with E-state index in [4.69, 9.17) is 0 Å². The molecular formula is C19H23N3O3S. The third-order valence-corrected chi connectivity index (χ3v) is 5.95. The van der Waals surface area contributed by atoms with Gasteiger partial charge in [0.25, 0.3) is 15.9 Å². The zero-order chi connectivity index (χ0) is 18.6. The Morgan fingerprint density at radius 3 is 2.42 bits per heavy atom. The van der Waals surface area contributed by atoms with Gasteiger partial charge in [-0.1, -0.05) is 18.2 Å². The smallest absolute Gasteiger partial charge is 0.261 e. The molecule has 1 saturated heterocycles. The van der Waals surface area contributed by atoms with Crippen LogP contribution in [0.2, 0.25) is 0 Å². The van der Waals surface area contributed by atoms with E-state index < -0.39 is 10.0 Å². The van der Waals surface area contributed by atoms with Gasteiger partial charge in [0.1, 0.15) is 0 Å². The second kappa shape index (κ2) is 7.88. The maximum Gasteiger partial charge on any atom is 0.261 e. The highest BCUT2D eigenvalue weighted by molar-refractivity contribution is 7.92. The number of hydrogen-bond donors (Lipinski definition) is 2. The molecule has 0 aromatic heterocycles. The first-order valence-corrected chi connectivity index (χ1v) is 10.1. The van der Waals surface area contributed by atoms with Crippen LogP contribution in [0.3, 0.4) is 0 Å². The molecule has 0 radical (unpaired) electrons. The van der Waals surface area contributed by atoms with Crippen molar-refractivity contribution in [1.29, 1.82) is 0 Å². The van der Waals surface area contributed by atoms with Gasteiger partial charge < -0.3 is 10.2 Å². The number of rotatable bonds is 5. The number of sulfonamides is 1. The largest absolute Gasteiger partial charge is 0.337 e. The number of likely N-dealkylation sites (tertiary alicyclic amines) is 1. The van der Waals surface area contributed by atoms with Crippen molar-refractivity contribution < 1.29 is 13.2 Å². The Bertz CT molecular complexity index is 851. The maximum atomic E-state index is 12.6. The molecule has 26 heavy (non-hydrogen) atoms. The first-order valence-electron chi connectivity index (χ1n) is 8.64. The first-order chi connectivity index (χ1) is 12.5. The van der Waals surface area contributed by atoms with Gasteiger partial charge in [0.15, 0.2) is 0 Å². The van der Waals surface area contributed by atoms with Crippen molar-refractivity contribution in [3.8, 4) is 0 Å². The molecule has 1 atom stereocenters. The number of anilines is 1. The van der Waals surface area contributed by atoms with E-state index >= 15 is 0 Å². The lowest BCUT2D eigenvalue weighted by Crippen LogP contribution is -2.46. The third-order valence-electron chi connectivity index (χ3n) is 4.55. The molecule has 3 rings (SSSR count). The zero-order valence-electron chi connectivity index (χ0n) is 14.7. The number of carbonyl (C=O) groups is 1. The highest BCUT2D eigenvalue weighted by Crippen LogP contribution is 2.18. The van der Waals surface area contributed by atoms with Crippen molar-refractivity contribution >= 4 is 21.6 Å². The van der Waals surface area contributed by atoms with Gasteiger partial charge >= 0.3 is 0 Å². The molecular weight excluding hydrogens is 350 g/mol. The van der Waals surface area contributed by atoms with Crippen LogP contribution in [0, 0.1) is 0 Å². The van der Waals surface area contributed by atoms with Crippen LogP contribution in [0.4, 0.5) is 5.69 Å². The Balaban J connectivity index is 1.69. The van der Waals surface area contributed by atoms with Gasteiger partial charge in [0, 0.05) is 30.4 Å². The number of nitrogens with one attached hydrogen (secondary N) is 2. The minimum absolute atomic E-state index is 0.0255. The van der Waals surface area contributed by atoms with Crippen molar-refractivity contribution in [2.24, 2.45) is 0 Å². The molecule has 2 aromatic carbocycles. The molecule has 0 saturated carbocycles. The van der Waals surface area contributed by atoms with Crippen molar-refractivity contribution in [3.63, 3.8) is 0 Å². The summed E-state index contributed by atoms with van der Waals surface area (Å²) in [5.74, 6) is -0.0255. The van der Waals surface area contributed by atoms with E-state index in [1.165, 1.54) is 12.1 Å². The van der Waals surface area contributed by atoms with Gasteiger partial charge in [0.05, 0.1) is 4.90 Å². The van der Waals surface area contributed by atoms with Crippen LogP contribution in [0.25, 0.3) is 0 Å². The summed E-state index contributed by atoms with van der Waals surface area (Å²) in [5.41, 5.74) is 0.988. The maximum absolute atomic E-state index is 12.6. The van der Waals surface area contributed by atoms with E-state index in [-0.39, 0.29) is 10.8 Å². The second-order valence-electron chi connectivity index (χ2n) is 6.37. The highest BCUT2D eigenvalue weighted by Gasteiger charge is 2.23. The highest BCUT2D eigenvalue weighted by atomic mass is 32.2. The fourth-order valence-corrected chi connectivity index (χ4v) is 4.15. The average molecular weight is 373 g/mol. The third kappa shape index (κ3) is 4.23. The lowest BCUT2D eigenvalue weighted by Gasteiger charge is -2.32. The van der Waals surface area contributed by atoms with Crippen LogP contribution in [0.1, 0.15) is 23.2 Å². The summed E-state index contributed by atoms with van der Waals surface area (Å²) in [6, 6.07) is 15.1. The van der Waals surface area contributed by atoms with Crippen LogP contribution in [-0.4, -0.2) is 45.4 Å². The minimum Gasteiger partial charge on any atom is -0.337 e. The van der Waals surface area contributed by atoms with E-state index in [1.54, 1.807) is 42.5 Å². The fourth-order valence-electron chi connectivity index (χ4n) is 3.07. The quantitative estimate of drug-likeness (QED) is 0.843. The molecule has 0 aliphatic carbocycles. The van der Waals surface area contributed by atoms with Crippen molar-refractivity contribution in [3.05, 3.63) is 60.2 Å². The summed E-state index contributed by atoms with van der Waals surface area (Å²) < 4.78 is 27.2. The van der Waals surface area contributed by atoms with Gasteiger partial charge in [-0.15, -0.1) is 0 Å². The molecule has 7 heteroatoms. The van der Waals surface area contributed by atoms with Crippen LogP contribution < -0.4 is 10.0 Å². The van der Waals surface area contributed by atoms with E-state index in [9.17, 15) is 13.2 Å². The number of carbonyl (C=O) groups excluding carboxylic acids is 1. The van der Waals surface area contributed by atoms with Gasteiger partial charge in [-0.2, -0.15) is 0 Å². The molecule has 1 amide bonds. The van der Waals surface area contributed by atoms with E-state index in [1.807, 2.05) is 11.9 Å². The summed E-state index contributed by atoms with van der Waals surface area (Å²) in [6.45, 7) is 1.44. The topological polar surface area (TPSA) is 78.5 Å². The fraction of sp³-hybridized carbons (Fsp3) is 0.316. The molecule has 1 aliphatic rings. The standard InChI is InChI=1S/C19H23N3O3S/c1-20-17-6-5-13-22(14-17)19(23)15-9-11-16(12-10-15)21-26(24,25)18-7-3-2-4-8-18/h2-4,7-12,17,20-21H,5-6,13-14H2,1H3. The molecule has 1 unspecified atom stereocenters. The van der Waals surface area contributed by atoms with Crippen molar-refractivity contribution in [2.45, 2.75) is 23.8 Å². The number of piperidine rings is 1. The summed E-state index contributed by atoms with van der Waals surface area (Å²) in [6.07, 6.45) is 2.05. The number of nitrogens with zero attached hydrogens (tertiary/aromatic N) is 1. The second-order valence-corrected chi connectivity index (χ2v) is 8.06. The molecule has 2 N–H and O–H groups in total. The average Bonchev–Trinajstić information content (AvgIpc) is 2.68. The van der Waals surface area contributed by atoms with Crippen LogP contribution in [0.5, 0.6) is 0 Å². The molecule has 2 aromatic rings. The summed E-state index contributed by atoms with van der Waals surface area (Å²) in [5, 5.41) is 3.22. The molecule has 6 nitrogen and oxygen atoms in total. The van der Waals surface area contributed by atoms with E-state index in [2.05, 4.69) is 10.0 Å². The Morgan fingerprint density at radius 1 is 1.08 bits per heavy atom. The monoisotopic (exact) mass is 373 g/mol. The lowest BCUT2D eigenvalue weighted by molar-refractivity contribution is 0.0698. The number of benzene rings is 2. The number of likely N-dealkylation sites (N-methyl/N-ethyl adjacent to an activating group) is 1. The summed E-state index contributed by atoms with van der Waals surface area (Å²) >= 11 is 0. The number of hydrogen-bond acceptors (Lipinski definition) is 4. The molecule has 1 fully saturated rings. The van der Waals surface area contributed by atoms with E-state index in [0.717, 1.165) is 19.4 Å². The molecule has 1 heterocycles. The van der Waals surface area contributed by atoms with Crippen molar-refractivity contribution in [1.82, 2.24) is 10.2 Å².